The van der Waals surface area contributed by atoms with E-state index in [9.17, 15) is 22.8 Å². The van der Waals surface area contributed by atoms with Gasteiger partial charge in [0.2, 0.25) is 0 Å². The largest absolute Gasteiger partial charge is 0.405 e. The van der Waals surface area contributed by atoms with Gasteiger partial charge in [0.25, 0.3) is 11.8 Å². The fourth-order valence-corrected chi connectivity index (χ4v) is 3.06. The molecule has 1 heterocycles. The summed E-state index contributed by atoms with van der Waals surface area (Å²) in [7, 11) is 0. The van der Waals surface area contributed by atoms with Crippen LogP contribution < -0.4 is 16.0 Å². The van der Waals surface area contributed by atoms with Crippen molar-refractivity contribution in [2.75, 3.05) is 22.5 Å². The number of nitrogens with one attached hydrogen (secondary N) is 3. The van der Waals surface area contributed by atoms with E-state index in [0.29, 0.717) is 16.1 Å². The quantitative estimate of drug-likeness (QED) is 0.513. The third-order valence-corrected chi connectivity index (χ3v) is 4.67. The van der Waals surface area contributed by atoms with Gasteiger partial charge in [-0.15, -0.1) is 11.3 Å². The normalized spacial score (nSPS) is 11.0. The molecule has 2 amide bonds. The molecule has 0 aliphatic carbocycles. The van der Waals surface area contributed by atoms with Gasteiger partial charge in [-0.05, 0) is 47.8 Å². The molecule has 3 N–H and O–H groups in total. The van der Waals surface area contributed by atoms with Crippen molar-refractivity contribution in [1.82, 2.24) is 0 Å². The van der Waals surface area contributed by atoms with E-state index in [-0.39, 0.29) is 17.3 Å². The van der Waals surface area contributed by atoms with E-state index in [1.54, 1.807) is 41.8 Å². The van der Waals surface area contributed by atoms with Gasteiger partial charge in [-0.3, -0.25) is 9.59 Å². The van der Waals surface area contributed by atoms with Crippen molar-refractivity contribution >= 4 is 40.2 Å². The predicted octanol–water partition coefficient (Wildman–Crippen LogP) is 5.23. The summed E-state index contributed by atoms with van der Waals surface area (Å²) in [6.45, 7) is -1.21. The van der Waals surface area contributed by atoms with E-state index in [1.165, 1.54) is 35.6 Å². The minimum absolute atomic E-state index is 0.165. The number of thiophene rings is 1. The Hall–Kier alpha value is -3.33. The number of amides is 2. The molecule has 5 nitrogen and oxygen atoms in total. The van der Waals surface area contributed by atoms with Crippen LogP contribution in [0.15, 0.2) is 66.0 Å². The lowest BCUT2D eigenvalue weighted by atomic mass is 10.1. The minimum atomic E-state index is -4.37. The second-order valence-corrected chi connectivity index (χ2v) is 6.92. The van der Waals surface area contributed by atoms with Crippen LogP contribution in [-0.4, -0.2) is 24.5 Å². The number of carbonyl (C=O) groups excluding carboxylic acids is 2. The fourth-order valence-electron chi connectivity index (χ4n) is 2.44. The number of para-hydroxylation sites is 2. The topological polar surface area (TPSA) is 70.2 Å². The van der Waals surface area contributed by atoms with Crippen molar-refractivity contribution in [3.05, 3.63) is 76.5 Å². The SMILES string of the molecule is O=C(Nc1ccccc1NCC(F)(F)F)c1ccc(NC(=O)c2cccs2)cc1. The van der Waals surface area contributed by atoms with Crippen LogP contribution in [0, 0.1) is 0 Å². The minimum Gasteiger partial charge on any atom is -0.375 e. The smallest absolute Gasteiger partial charge is 0.375 e. The molecule has 0 spiro atoms. The molecule has 0 aliphatic heterocycles. The molecule has 0 fully saturated rings. The molecule has 150 valence electrons. The molecule has 0 aliphatic rings. The first kappa shape index (κ1) is 20.4. The summed E-state index contributed by atoms with van der Waals surface area (Å²) in [6, 6.07) is 15.8. The van der Waals surface area contributed by atoms with E-state index in [1.807, 2.05) is 0 Å². The molecular formula is C20H16F3N3O2S. The summed E-state index contributed by atoms with van der Waals surface area (Å²) < 4.78 is 37.3. The molecular weight excluding hydrogens is 403 g/mol. The van der Waals surface area contributed by atoms with Gasteiger partial charge >= 0.3 is 6.18 Å². The molecule has 1 aromatic heterocycles. The maximum absolute atomic E-state index is 12.4. The zero-order valence-corrected chi connectivity index (χ0v) is 15.7. The lowest BCUT2D eigenvalue weighted by molar-refractivity contribution is -0.115. The van der Waals surface area contributed by atoms with Crippen LogP contribution in [0.4, 0.5) is 30.2 Å². The lowest BCUT2D eigenvalue weighted by Gasteiger charge is -2.14. The Labute approximate surface area is 168 Å². The van der Waals surface area contributed by atoms with Crippen LogP contribution in [0.1, 0.15) is 20.0 Å². The van der Waals surface area contributed by atoms with Gasteiger partial charge in [0, 0.05) is 11.3 Å². The van der Waals surface area contributed by atoms with Crippen molar-refractivity contribution in [1.29, 1.82) is 0 Å². The van der Waals surface area contributed by atoms with Gasteiger partial charge < -0.3 is 16.0 Å². The second-order valence-electron chi connectivity index (χ2n) is 5.98. The Balaban J connectivity index is 1.65. The Bertz CT molecular complexity index is 987. The summed E-state index contributed by atoms with van der Waals surface area (Å²) >= 11 is 1.31. The third-order valence-electron chi connectivity index (χ3n) is 3.80. The fraction of sp³-hybridized carbons (Fsp3) is 0.100. The average Bonchev–Trinajstić information content (AvgIpc) is 3.22. The lowest BCUT2D eigenvalue weighted by Crippen LogP contribution is -2.22. The highest BCUT2D eigenvalue weighted by Crippen LogP contribution is 2.24. The van der Waals surface area contributed by atoms with Crippen LogP contribution in [0.2, 0.25) is 0 Å². The first-order valence-corrected chi connectivity index (χ1v) is 9.36. The Morgan fingerprint density at radius 2 is 1.52 bits per heavy atom. The molecule has 2 aromatic carbocycles. The first-order valence-electron chi connectivity index (χ1n) is 8.48. The summed E-state index contributed by atoms with van der Waals surface area (Å²) in [5.74, 6) is -0.732. The molecule has 29 heavy (non-hydrogen) atoms. The maximum Gasteiger partial charge on any atom is 0.405 e. The molecule has 9 heteroatoms. The molecule has 0 atom stereocenters. The van der Waals surface area contributed by atoms with Gasteiger partial charge in [0.1, 0.15) is 6.54 Å². The molecule has 0 saturated carbocycles. The molecule has 0 unspecified atom stereocenters. The van der Waals surface area contributed by atoms with Gasteiger partial charge in [-0.2, -0.15) is 13.2 Å². The maximum atomic E-state index is 12.4. The number of alkyl halides is 3. The van der Waals surface area contributed by atoms with Crippen molar-refractivity contribution < 1.29 is 22.8 Å². The number of hydrogen-bond acceptors (Lipinski definition) is 4. The number of benzene rings is 2. The van der Waals surface area contributed by atoms with Crippen LogP contribution in [0.3, 0.4) is 0 Å². The zero-order valence-electron chi connectivity index (χ0n) is 14.9. The molecule has 3 rings (SSSR count). The number of rotatable bonds is 6. The number of hydrogen-bond donors (Lipinski definition) is 3. The molecule has 0 saturated heterocycles. The molecule has 0 bridgehead atoms. The average molecular weight is 419 g/mol. The second kappa shape index (κ2) is 8.78. The van der Waals surface area contributed by atoms with Crippen molar-refractivity contribution in [2.24, 2.45) is 0 Å². The Morgan fingerprint density at radius 3 is 2.14 bits per heavy atom. The summed E-state index contributed by atoms with van der Waals surface area (Å²) in [6.07, 6.45) is -4.37. The van der Waals surface area contributed by atoms with E-state index in [0.717, 1.165) is 0 Å². The third kappa shape index (κ3) is 5.82. The van der Waals surface area contributed by atoms with Gasteiger partial charge in [-0.1, -0.05) is 18.2 Å². The van der Waals surface area contributed by atoms with Crippen LogP contribution in [-0.2, 0) is 0 Å². The van der Waals surface area contributed by atoms with Crippen LogP contribution in [0.25, 0.3) is 0 Å². The van der Waals surface area contributed by atoms with Crippen molar-refractivity contribution in [3.63, 3.8) is 0 Å². The van der Waals surface area contributed by atoms with Crippen LogP contribution in [0.5, 0.6) is 0 Å². The summed E-state index contributed by atoms with van der Waals surface area (Å²) in [5.41, 5.74) is 1.21. The number of carbonyl (C=O) groups is 2. The van der Waals surface area contributed by atoms with Crippen LogP contribution >= 0.6 is 11.3 Å². The van der Waals surface area contributed by atoms with Gasteiger partial charge in [-0.25, -0.2) is 0 Å². The van der Waals surface area contributed by atoms with Crippen molar-refractivity contribution in [3.8, 4) is 0 Å². The summed E-state index contributed by atoms with van der Waals surface area (Å²) in [4.78, 5) is 25.0. The van der Waals surface area contributed by atoms with Gasteiger partial charge in [0.15, 0.2) is 0 Å². The monoisotopic (exact) mass is 419 g/mol. The predicted molar refractivity (Wildman–Crippen MR) is 108 cm³/mol. The highest BCUT2D eigenvalue weighted by molar-refractivity contribution is 7.12. The van der Waals surface area contributed by atoms with E-state index in [2.05, 4.69) is 16.0 Å². The molecule has 3 aromatic rings. The number of anilines is 3. The first-order chi connectivity index (χ1) is 13.8. The standard InChI is InChI=1S/C20H16F3N3O2S/c21-20(22,23)12-24-15-4-1-2-5-16(15)26-18(27)13-7-9-14(10-8-13)25-19(28)17-6-3-11-29-17/h1-11,24H,12H2,(H,25,28)(H,26,27). The van der Waals surface area contributed by atoms with Gasteiger partial charge in [0.05, 0.1) is 16.3 Å². The highest BCUT2D eigenvalue weighted by Gasteiger charge is 2.27. The summed E-state index contributed by atoms with van der Waals surface area (Å²) in [5, 5.41) is 9.38. The van der Waals surface area contributed by atoms with E-state index < -0.39 is 18.6 Å². The Morgan fingerprint density at radius 1 is 0.828 bits per heavy atom. The number of halogens is 3. The molecule has 0 radical (unpaired) electrons. The zero-order chi connectivity index (χ0) is 20.9. The van der Waals surface area contributed by atoms with E-state index in [4.69, 9.17) is 0 Å². The van der Waals surface area contributed by atoms with Crippen molar-refractivity contribution in [2.45, 2.75) is 6.18 Å². The van der Waals surface area contributed by atoms with E-state index >= 15 is 0 Å². The highest BCUT2D eigenvalue weighted by atomic mass is 32.1. The Kier molecular flexibility index (Phi) is 6.18.